The van der Waals surface area contributed by atoms with Crippen LogP contribution in [0.5, 0.6) is 0 Å². The van der Waals surface area contributed by atoms with Gasteiger partial charge in [-0.1, -0.05) is 0 Å². The molecule has 0 aliphatic carbocycles. The van der Waals surface area contributed by atoms with Crippen LogP contribution in [-0.2, 0) is 0 Å². The van der Waals surface area contributed by atoms with Gasteiger partial charge in [-0.15, -0.1) is 11.3 Å². The number of hydrogen-bond acceptors (Lipinski definition) is 6. The number of rotatable bonds is 2. The maximum Gasteiger partial charge on any atom is 0.354 e. The van der Waals surface area contributed by atoms with E-state index in [1.807, 2.05) is 12.3 Å². The highest BCUT2D eigenvalue weighted by molar-refractivity contribution is 7.13. The van der Waals surface area contributed by atoms with Crippen molar-refractivity contribution in [3.05, 3.63) is 22.8 Å². The molecule has 82 valence electrons. The first-order chi connectivity index (χ1) is 7.56. The highest BCUT2D eigenvalue weighted by Gasteiger charge is 2.12. The van der Waals surface area contributed by atoms with Gasteiger partial charge >= 0.3 is 5.97 Å². The van der Waals surface area contributed by atoms with Crippen LogP contribution in [0.15, 0.2) is 11.4 Å². The quantitative estimate of drug-likeness (QED) is 0.811. The first kappa shape index (κ1) is 10.5. The fourth-order valence-corrected chi connectivity index (χ4v) is 1.91. The van der Waals surface area contributed by atoms with Crippen molar-refractivity contribution in [2.75, 3.05) is 5.73 Å². The first-order valence-corrected chi connectivity index (χ1v) is 5.24. The van der Waals surface area contributed by atoms with E-state index in [2.05, 4.69) is 15.0 Å². The molecule has 0 fully saturated rings. The number of carboxylic acid groups (broad SMARTS) is 1. The van der Waals surface area contributed by atoms with Gasteiger partial charge in [-0.25, -0.2) is 19.7 Å². The molecule has 0 atom stereocenters. The molecule has 2 rings (SSSR count). The number of aromatic carboxylic acids is 1. The molecular weight excluding hydrogens is 228 g/mol. The van der Waals surface area contributed by atoms with E-state index < -0.39 is 5.97 Å². The number of hydrogen-bond donors (Lipinski definition) is 2. The van der Waals surface area contributed by atoms with Crippen LogP contribution in [0.1, 0.15) is 16.2 Å². The summed E-state index contributed by atoms with van der Waals surface area (Å²) < 4.78 is 0. The number of aryl methyl sites for hydroxylation is 1. The predicted molar refractivity (Wildman–Crippen MR) is 59.2 cm³/mol. The zero-order valence-electron chi connectivity index (χ0n) is 8.34. The summed E-state index contributed by atoms with van der Waals surface area (Å²) in [6.45, 7) is 1.85. The van der Waals surface area contributed by atoms with E-state index in [0.29, 0.717) is 10.7 Å². The topological polar surface area (TPSA) is 102 Å². The Morgan fingerprint density at radius 1 is 1.44 bits per heavy atom. The van der Waals surface area contributed by atoms with Gasteiger partial charge in [0.25, 0.3) is 0 Å². The Labute approximate surface area is 94.8 Å². The molecule has 6 nitrogen and oxygen atoms in total. The molecule has 0 unspecified atom stereocenters. The molecule has 0 aliphatic rings. The van der Waals surface area contributed by atoms with Crippen LogP contribution in [0.3, 0.4) is 0 Å². The van der Waals surface area contributed by atoms with Crippen LogP contribution in [-0.4, -0.2) is 26.0 Å². The van der Waals surface area contributed by atoms with Crippen molar-refractivity contribution in [1.82, 2.24) is 15.0 Å². The van der Waals surface area contributed by atoms with Gasteiger partial charge in [0.2, 0.25) is 5.95 Å². The van der Waals surface area contributed by atoms with E-state index in [1.54, 1.807) is 0 Å². The van der Waals surface area contributed by atoms with Crippen molar-refractivity contribution in [3.8, 4) is 10.7 Å². The summed E-state index contributed by atoms with van der Waals surface area (Å²) in [6.07, 6.45) is 0. The molecule has 2 aromatic rings. The van der Waals surface area contributed by atoms with E-state index in [1.165, 1.54) is 17.4 Å². The van der Waals surface area contributed by atoms with Crippen LogP contribution >= 0.6 is 11.3 Å². The SMILES string of the molecule is Cc1csc(-c2cc(C(=O)O)nc(N)n2)n1. The van der Waals surface area contributed by atoms with Crippen LogP contribution < -0.4 is 5.73 Å². The lowest BCUT2D eigenvalue weighted by Gasteiger charge is -1.99. The van der Waals surface area contributed by atoms with Gasteiger partial charge in [0, 0.05) is 17.1 Å². The highest BCUT2D eigenvalue weighted by Crippen LogP contribution is 2.22. The Morgan fingerprint density at radius 2 is 2.19 bits per heavy atom. The number of nitrogens with two attached hydrogens (primary N) is 1. The Morgan fingerprint density at radius 3 is 2.75 bits per heavy atom. The monoisotopic (exact) mass is 236 g/mol. The summed E-state index contributed by atoms with van der Waals surface area (Å²) in [7, 11) is 0. The summed E-state index contributed by atoms with van der Waals surface area (Å²) >= 11 is 1.38. The van der Waals surface area contributed by atoms with Crippen molar-refractivity contribution >= 4 is 23.3 Å². The molecule has 16 heavy (non-hydrogen) atoms. The second-order valence-electron chi connectivity index (χ2n) is 3.10. The summed E-state index contributed by atoms with van der Waals surface area (Å²) in [6, 6.07) is 1.36. The zero-order chi connectivity index (χ0) is 11.7. The minimum Gasteiger partial charge on any atom is -0.477 e. The molecule has 2 aromatic heterocycles. The molecule has 0 saturated carbocycles. The second-order valence-corrected chi connectivity index (χ2v) is 3.95. The smallest absolute Gasteiger partial charge is 0.354 e. The van der Waals surface area contributed by atoms with E-state index in [9.17, 15) is 4.79 Å². The lowest BCUT2D eigenvalue weighted by atomic mass is 10.3. The molecule has 0 amide bonds. The van der Waals surface area contributed by atoms with Gasteiger partial charge in [0.15, 0.2) is 5.69 Å². The number of aromatic nitrogens is 3. The highest BCUT2D eigenvalue weighted by atomic mass is 32.1. The van der Waals surface area contributed by atoms with Crippen molar-refractivity contribution in [1.29, 1.82) is 0 Å². The molecule has 3 N–H and O–H groups in total. The second kappa shape index (κ2) is 3.86. The summed E-state index contributed by atoms with van der Waals surface area (Å²) in [4.78, 5) is 22.5. The van der Waals surface area contributed by atoms with Gasteiger partial charge in [-0.2, -0.15) is 0 Å². The van der Waals surface area contributed by atoms with Crippen LogP contribution in [0.4, 0.5) is 5.95 Å². The van der Waals surface area contributed by atoms with E-state index >= 15 is 0 Å². The molecule has 7 heteroatoms. The van der Waals surface area contributed by atoms with Crippen molar-refractivity contribution < 1.29 is 9.90 Å². The molecule has 0 spiro atoms. The molecule has 0 radical (unpaired) electrons. The van der Waals surface area contributed by atoms with Crippen molar-refractivity contribution in [3.63, 3.8) is 0 Å². The molecule has 0 aromatic carbocycles. The van der Waals surface area contributed by atoms with Gasteiger partial charge in [-0.3, -0.25) is 0 Å². The van der Waals surface area contributed by atoms with Crippen LogP contribution in [0.2, 0.25) is 0 Å². The Hall–Kier alpha value is -2.02. The van der Waals surface area contributed by atoms with Gasteiger partial charge in [-0.05, 0) is 6.92 Å². The third-order valence-corrected chi connectivity index (χ3v) is 2.78. The first-order valence-electron chi connectivity index (χ1n) is 4.36. The predicted octanol–water partition coefficient (Wildman–Crippen LogP) is 1.19. The minimum absolute atomic E-state index is 0.0669. The number of carbonyl (C=O) groups is 1. The fourth-order valence-electron chi connectivity index (χ4n) is 1.16. The fraction of sp³-hybridized carbons (Fsp3) is 0.111. The number of nitrogen functional groups attached to an aromatic ring is 1. The van der Waals surface area contributed by atoms with Crippen LogP contribution in [0.25, 0.3) is 10.7 Å². The van der Waals surface area contributed by atoms with Crippen molar-refractivity contribution in [2.45, 2.75) is 6.92 Å². The third kappa shape index (κ3) is 1.98. The Bertz CT molecular complexity index is 552. The van der Waals surface area contributed by atoms with Gasteiger partial charge in [0.1, 0.15) is 10.7 Å². The number of anilines is 1. The third-order valence-electron chi connectivity index (χ3n) is 1.80. The zero-order valence-corrected chi connectivity index (χ0v) is 9.15. The lowest BCUT2D eigenvalue weighted by Crippen LogP contribution is -2.05. The van der Waals surface area contributed by atoms with E-state index in [0.717, 1.165) is 5.69 Å². The van der Waals surface area contributed by atoms with E-state index in [-0.39, 0.29) is 11.6 Å². The molecule has 0 saturated heterocycles. The maximum absolute atomic E-state index is 10.8. The van der Waals surface area contributed by atoms with E-state index in [4.69, 9.17) is 10.8 Å². The van der Waals surface area contributed by atoms with Gasteiger partial charge < -0.3 is 10.8 Å². The molecular formula is C9H8N4O2S. The largest absolute Gasteiger partial charge is 0.477 e. The minimum atomic E-state index is -1.14. The maximum atomic E-state index is 10.8. The summed E-state index contributed by atoms with van der Waals surface area (Å²) in [5.41, 5.74) is 6.59. The lowest BCUT2D eigenvalue weighted by molar-refractivity contribution is 0.0690. The Balaban J connectivity index is 2.53. The average Bonchev–Trinajstić information content (AvgIpc) is 2.64. The number of thiazole rings is 1. The Kier molecular flexibility index (Phi) is 2.53. The standard InChI is InChI=1S/C9H8N4O2S/c1-4-3-16-7(11-4)5-2-6(8(14)15)13-9(10)12-5/h2-3H,1H3,(H,14,15)(H2,10,12,13). The number of nitrogens with zero attached hydrogens (tertiary/aromatic N) is 3. The average molecular weight is 236 g/mol. The summed E-state index contributed by atoms with van der Waals surface area (Å²) in [5, 5.41) is 11.3. The molecule has 0 aliphatic heterocycles. The van der Waals surface area contributed by atoms with Crippen molar-refractivity contribution in [2.24, 2.45) is 0 Å². The summed E-state index contributed by atoms with van der Waals surface area (Å²) in [5.74, 6) is -1.20. The van der Waals surface area contributed by atoms with Crippen LogP contribution in [0, 0.1) is 6.92 Å². The molecule has 0 bridgehead atoms. The number of carboxylic acids is 1. The molecule has 2 heterocycles. The normalized spacial score (nSPS) is 10.3. The van der Waals surface area contributed by atoms with Gasteiger partial charge in [0.05, 0.1) is 0 Å².